The molecule has 0 aliphatic heterocycles. The van der Waals surface area contributed by atoms with Gasteiger partial charge in [-0.1, -0.05) is 61.5 Å². The first-order valence-electron chi connectivity index (χ1n) is 10.3. The molecule has 1 amide bonds. The summed E-state index contributed by atoms with van der Waals surface area (Å²) in [5, 5.41) is 21.4. The van der Waals surface area contributed by atoms with Gasteiger partial charge in [0.15, 0.2) is 0 Å². The molecule has 1 saturated carbocycles. The number of carbonyl (C=O) groups excluding carboxylic acids is 1. The third kappa shape index (κ3) is 5.26. The van der Waals surface area contributed by atoms with Crippen molar-refractivity contribution in [1.82, 2.24) is 5.32 Å². The molecule has 0 heterocycles. The summed E-state index contributed by atoms with van der Waals surface area (Å²) >= 11 is 0. The number of hydrogen-bond donors (Lipinski definition) is 3. The SMILES string of the molecule is C[C@H](C[C@@H](Cc1ccc(-c2ccccc2)cc1)NC(=O)[C@@H]1CC[C@@H]1C(=O)O)C(=O)O. The fraction of sp³-hybridized carbons (Fsp3) is 0.375. The maximum absolute atomic E-state index is 12.6. The van der Waals surface area contributed by atoms with E-state index >= 15 is 0 Å². The number of aliphatic carboxylic acids is 2. The second-order valence-corrected chi connectivity index (χ2v) is 8.08. The van der Waals surface area contributed by atoms with Gasteiger partial charge in [-0.2, -0.15) is 0 Å². The molecule has 1 aliphatic rings. The zero-order valence-corrected chi connectivity index (χ0v) is 17.0. The molecule has 1 fully saturated rings. The number of rotatable bonds is 9. The maximum Gasteiger partial charge on any atom is 0.307 e. The molecule has 4 atom stereocenters. The Morgan fingerprint density at radius 3 is 2.07 bits per heavy atom. The number of amides is 1. The molecule has 0 aromatic heterocycles. The molecule has 1 aliphatic carbocycles. The minimum absolute atomic E-state index is 0.284. The molecule has 30 heavy (non-hydrogen) atoms. The summed E-state index contributed by atoms with van der Waals surface area (Å²) in [6.45, 7) is 1.61. The van der Waals surface area contributed by atoms with Crippen molar-refractivity contribution in [2.45, 2.75) is 38.6 Å². The first kappa shape index (κ1) is 21.6. The smallest absolute Gasteiger partial charge is 0.307 e. The van der Waals surface area contributed by atoms with Gasteiger partial charge in [0, 0.05) is 6.04 Å². The summed E-state index contributed by atoms with van der Waals surface area (Å²) in [7, 11) is 0. The lowest BCUT2D eigenvalue weighted by atomic mass is 9.73. The molecular weight excluding hydrogens is 382 g/mol. The van der Waals surface area contributed by atoms with Crippen LogP contribution in [0.5, 0.6) is 0 Å². The predicted octanol–water partition coefficient (Wildman–Crippen LogP) is 3.60. The predicted molar refractivity (Wildman–Crippen MR) is 113 cm³/mol. The van der Waals surface area contributed by atoms with Gasteiger partial charge in [-0.15, -0.1) is 0 Å². The largest absolute Gasteiger partial charge is 0.481 e. The minimum Gasteiger partial charge on any atom is -0.481 e. The van der Waals surface area contributed by atoms with Gasteiger partial charge in [-0.25, -0.2) is 0 Å². The van der Waals surface area contributed by atoms with E-state index in [0.29, 0.717) is 19.3 Å². The molecule has 3 N–H and O–H groups in total. The quantitative estimate of drug-likeness (QED) is 0.587. The molecule has 6 heteroatoms. The molecule has 0 spiro atoms. The Morgan fingerprint density at radius 1 is 0.933 bits per heavy atom. The number of carboxylic acid groups (broad SMARTS) is 2. The molecule has 6 nitrogen and oxygen atoms in total. The molecule has 0 bridgehead atoms. The lowest BCUT2D eigenvalue weighted by molar-refractivity contribution is -0.153. The highest BCUT2D eigenvalue weighted by atomic mass is 16.4. The highest BCUT2D eigenvalue weighted by Gasteiger charge is 2.42. The molecule has 3 rings (SSSR count). The van der Waals surface area contributed by atoms with Gasteiger partial charge in [-0.3, -0.25) is 14.4 Å². The van der Waals surface area contributed by atoms with Crippen LogP contribution in [0.1, 0.15) is 31.7 Å². The second kappa shape index (κ2) is 9.57. The van der Waals surface area contributed by atoms with Crippen LogP contribution >= 0.6 is 0 Å². The highest BCUT2D eigenvalue weighted by molar-refractivity contribution is 5.86. The number of carboxylic acids is 2. The van der Waals surface area contributed by atoms with E-state index in [1.165, 1.54) is 0 Å². The average molecular weight is 409 g/mol. The molecule has 2 aromatic carbocycles. The van der Waals surface area contributed by atoms with Crippen molar-refractivity contribution in [2.24, 2.45) is 17.8 Å². The zero-order chi connectivity index (χ0) is 21.7. The fourth-order valence-electron chi connectivity index (χ4n) is 3.89. The van der Waals surface area contributed by atoms with Crippen molar-refractivity contribution in [3.63, 3.8) is 0 Å². The van der Waals surface area contributed by atoms with Crippen LogP contribution in [0.25, 0.3) is 11.1 Å². The summed E-state index contributed by atoms with van der Waals surface area (Å²) in [5.74, 6) is -3.96. The summed E-state index contributed by atoms with van der Waals surface area (Å²) in [6, 6.07) is 17.6. The van der Waals surface area contributed by atoms with Crippen LogP contribution in [0.4, 0.5) is 0 Å². The van der Waals surface area contributed by atoms with Crippen LogP contribution in [0.3, 0.4) is 0 Å². The molecule has 158 valence electrons. The Labute approximate surface area is 175 Å². The lowest BCUT2D eigenvalue weighted by Crippen LogP contribution is -2.48. The number of benzene rings is 2. The first-order valence-corrected chi connectivity index (χ1v) is 10.3. The Kier molecular flexibility index (Phi) is 6.87. The van der Waals surface area contributed by atoms with Gasteiger partial charge in [0.25, 0.3) is 0 Å². The number of nitrogens with one attached hydrogen (secondary N) is 1. The second-order valence-electron chi connectivity index (χ2n) is 8.08. The third-order valence-corrected chi connectivity index (χ3v) is 5.88. The van der Waals surface area contributed by atoms with Crippen molar-refractivity contribution < 1.29 is 24.6 Å². The third-order valence-electron chi connectivity index (χ3n) is 5.88. The summed E-state index contributed by atoms with van der Waals surface area (Å²) < 4.78 is 0. The van der Waals surface area contributed by atoms with E-state index in [2.05, 4.69) is 5.32 Å². The fourth-order valence-corrected chi connectivity index (χ4v) is 3.89. The first-order chi connectivity index (χ1) is 14.3. The maximum atomic E-state index is 12.6. The van der Waals surface area contributed by atoms with Gasteiger partial charge in [0.2, 0.25) is 5.91 Å². The Morgan fingerprint density at radius 2 is 1.53 bits per heavy atom. The van der Waals surface area contributed by atoms with E-state index < -0.39 is 29.7 Å². The van der Waals surface area contributed by atoms with Crippen LogP contribution in [0, 0.1) is 17.8 Å². The standard InChI is InChI=1S/C24H27NO5/c1-15(23(27)28)13-19(25-22(26)20-11-12-21(20)24(29)30)14-16-7-9-18(10-8-16)17-5-3-2-4-6-17/h2-10,15,19-21H,11-14H2,1H3,(H,25,26)(H,27,28)(H,29,30)/t15-,19+,20-,21+/m1/s1. The van der Waals surface area contributed by atoms with E-state index in [9.17, 15) is 24.6 Å². The Bertz CT molecular complexity index is 894. The summed E-state index contributed by atoms with van der Waals surface area (Å²) in [4.78, 5) is 35.2. The summed E-state index contributed by atoms with van der Waals surface area (Å²) in [5.41, 5.74) is 3.18. The molecule has 0 saturated heterocycles. The van der Waals surface area contributed by atoms with Gasteiger partial charge < -0.3 is 15.5 Å². The summed E-state index contributed by atoms with van der Waals surface area (Å²) in [6.07, 6.45) is 1.83. The molecule has 0 unspecified atom stereocenters. The van der Waals surface area contributed by atoms with E-state index in [-0.39, 0.29) is 18.4 Å². The van der Waals surface area contributed by atoms with Crippen LogP contribution in [0.2, 0.25) is 0 Å². The Hall–Kier alpha value is -3.15. The van der Waals surface area contributed by atoms with Crippen molar-refractivity contribution in [2.75, 3.05) is 0 Å². The molecule has 0 radical (unpaired) electrons. The van der Waals surface area contributed by atoms with Crippen molar-refractivity contribution in [3.8, 4) is 11.1 Å². The molecular formula is C24H27NO5. The van der Waals surface area contributed by atoms with Crippen LogP contribution in [0.15, 0.2) is 54.6 Å². The number of hydrogen-bond acceptors (Lipinski definition) is 3. The van der Waals surface area contributed by atoms with Crippen molar-refractivity contribution in [3.05, 3.63) is 60.2 Å². The Balaban J connectivity index is 1.70. The van der Waals surface area contributed by atoms with Crippen LogP contribution < -0.4 is 5.32 Å². The van der Waals surface area contributed by atoms with Gasteiger partial charge >= 0.3 is 11.9 Å². The van der Waals surface area contributed by atoms with E-state index in [4.69, 9.17) is 0 Å². The highest BCUT2D eigenvalue weighted by Crippen LogP contribution is 2.34. The monoisotopic (exact) mass is 409 g/mol. The topological polar surface area (TPSA) is 104 Å². The lowest BCUT2D eigenvalue weighted by Gasteiger charge is -2.33. The van der Waals surface area contributed by atoms with Crippen molar-refractivity contribution in [1.29, 1.82) is 0 Å². The van der Waals surface area contributed by atoms with E-state index in [0.717, 1.165) is 16.7 Å². The van der Waals surface area contributed by atoms with Gasteiger partial charge in [0.1, 0.15) is 0 Å². The average Bonchev–Trinajstić information content (AvgIpc) is 2.67. The van der Waals surface area contributed by atoms with Gasteiger partial charge in [0.05, 0.1) is 17.8 Å². The normalized spacial score (nSPS) is 19.9. The van der Waals surface area contributed by atoms with E-state index in [1.807, 2.05) is 54.6 Å². The van der Waals surface area contributed by atoms with Crippen molar-refractivity contribution >= 4 is 17.8 Å². The van der Waals surface area contributed by atoms with Crippen LogP contribution in [-0.4, -0.2) is 34.1 Å². The minimum atomic E-state index is -0.951. The van der Waals surface area contributed by atoms with Crippen LogP contribution in [-0.2, 0) is 20.8 Å². The number of carbonyl (C=O) groups is 3. The van der Waals surface area contributed by atoms with Gasteiger partial charge in [-0.05, 0) is 42.4 Å². The van der Waals surface area contributed by atoms with E-state index in [1.54, 1.807) is 6.92 Å². The molecule has 2 aromatic rings. The zero-order valence-electron chi connectivity index (χ0n) is 17.0.